The lowest BCUT2D eigenvalue weighted by atomic mass is 10.1. The number of benzene rings is 1. The lowest BCUT2D eigenvalue weighted by Gasteiger charge is -2.17. The topological polar surface area (TPSA) is 98.6 Å². The number of nitrogens with one attached hydrogen (secondary N) is 1. The van der Waals surface area contributed by atoms with Crippen molar-refractivity contribution < 1.29 is 19.1 Å². The monoisotopic (exact) mass is 413 g/mol. The van der Waals surface area contributed by atoms with Gasteiger partial charge in [0.25, 0.3) is 5.91 Å². The molecule has 2 aliphatic rings. The molecule has 1 atom stereocenters. The van der Waals surface area contributed by atoms with Crippen LogP contribution in [0.15, 0.2) is 24.4 Å². The molecule has 0 spiro atoms. The van der Waals surface area contributed by atoms with Crippen LogP contribution in [-0.4, -0.2) is 65.1 Å². The summed E-state index contributed by atoms with van der Waals surface area (Å²) < 4.78 is 12.9. The van der Waals surface area contributed by atoms with Gasteiger partial charge in [-0.3, -0.25) is 14.3 Å². The summed E-state index contributed by atoms with van der Waals surface area (Å²) in [5.41, 5.74) is 1.27. The number of nitrogens with zero attached hydrogens (tertiary/aromatic N) is 4. The molecule has 30 heavy (non-hydrogen) atoms. The van der Waals surface area contributed by atoms with Gasteiger partial charge in [-0.05, 0) is 30.5 Å². The molecule has 9 nitrogen and oxygen atoms in total. The molecular formula is C21H27N5O4. The number of carbonyl (C=O) groups excluding carboxylic acids is 2. The molecule has 1 aromatic heterocycles. The minimum atomic E-state index is -0.198. The van der Waals surface area contributed by atoms with E-state index in [1.807, 2.05) is 11.1 Å². The Hall–Kier alpha value is -3.10. The Morgan fingerprint density at radius 2 is 2.13 bits per heavy atom. The number of hydrogen-bond donors (Lipinski definition) is 1. The Morgan fingerprint density at radius 1 is 1.23 bits per heavy atom. The SMILES string of the molecule is COc1ccc2c(c1)C(=O)NCC1CCN(C1)C(=O)CCc1cn(nn1)CCCO2. The van der Waals surface area contributed by atoms with Crippen molar-refractivity contribution >= 4 is 11.8 Å². The van der Waals surface area contributed by atoms with Gasteiger partial charge in [-0.2, -0.15) is 0 Å². The van der Waals surface area contributed by atoms with E-state index in [1.54, 1.807) is 30.0 Å². The highest BCUT2D eigenvalue weighted by atomic mass is 16.5. The van der Waals surface area contributed by atoms with Crippen LogP contribution in [0.5, 0.6) is 11.5 Å². The second kappa shape index (κ2) is 9.15. The van der Waals surface area contributed by atoms with E-state index in [0.717, 1.165) is 18.7 Å². The van der Waals surface area contributed by atoms with Gasteiger partial charge in [-0.1, -0.05) is 5.21 Å². The van der Waals surface area contributed by atoms with Crippen molar-refractivity contribution in [1.29, 1.82) is 0 Å². The third kappa shape index (κ3) is 4.72. The van der Waals surface area contributed by atoms with E-state index in [2.05, 4.69) is 15.6 Å². The van der Waals surface area contributed by atoms with Gasteiger partial charge in [0, 0.05) is 51.6 Å². The van der Waals surface area contributed by atoms with Crippen LogP contribution in [0.1, 0.15) is 35.3 Å². The van der Waals surface area contributed by atoms with Crippen LogP contribution < -0.4 is 14.8 Å². The lowest BCUT2D eigenvalue weighted by molar-refractivity contribution is -0.130. The van der Waals surface area contributed by atoms with Crippen molar-refractivity contribution in [3.05, 3.63) is 35.7 Å². The maximum atomic E-state index is 12.8. The van der Waals surface area contributed by atoms with Gasteiger partial charge < -0.3 is 19.7 Å². The quantitative estimate of drug-likeness (QED) is 0.756. The van der Waals surface area contributed by atoms with Crippen molar-refractivity contribution in [3.8, 4) is 11.5 Å². The van der Waals surface area contributed by atoms with Crippen LogP contribution in [0.4, 0.5) is 0 Å². The maximum Gasteiger partial charge on any atom is 0.255 e. The molecular weight excluding hydrogens is 386 g/mol. The first-order chi connectivity index (χ1) is 14.6. The summed E-state index contributed by atoms with van der Waals surface area (Å²) in [4.78, 5) is 27.3. The zero-order chi connectivity index (χ0) is 20.9. The highest BCUT2D eigenvalue weighted by molar-refractivity contribution is 5.97. The van der Waals surface area contributed by atoms with E-state index in [4.69, 9.17) is 9.47 Å². The molecule has 2 aromatic rings. The Bertz CT molecular complexity index is 913. The summed E-state index contributed by atoms with van der Waals surface area (Å²) in [6.45, 7) is 2.99. The first-order valence-corrected chi connectivity index (χ1v) is 10.4. The first kappa shape index (κ1) is 20.2. The smallest absolute Gasteiger partial charge is 0.255 e. The average molecular weight is 413 g/mol. The fourth-order valence-corrected chi connectivity index (χ4v) is 3.86. The van der Waals surface area contributed by atoms with Crippen LogP contribution in [0.25, 0.3) is 0 Å². The van der Waals surface area contributed by atoms with Crippen molar-refractivity contribution in [2.45, 2.75) is 32.2 Å². The molecule has 2 amide bonds. The van der Waals surface area contributed by atoms with Crippen molar-refractivity contribution in [2.24, 2.45) is 5.92 Å². The van der Waals surface area contributed by atoms with Gasteiger partial charge in [-0.25, -0.2) is 0 Å². The third-order valence-corrected chi connectivity index (χ3v) is 5.59. The van der Waals surface area contributed by atoms with Gasteiger partial charge in [0.15, 0.2) is 0 Å². The summed E-state index contributed by atoms with van der Waals surface area (Å²) in [6.07, 6.45) is 4.49. The van der Waals surface area contributed by atoms with E-state index in [-0.39, 0.29) is 17.7 Å². The van der Waals surface area contributed by atoms with Crippen LogP contribution in [0.3, 0.4) is 0 Å². The molecule has 0 radical (unpaired) electrons. The molecule has 1 saturated heterocycles. The van der Waals surface area contributed by atoms with Crippen LogP contribution in [0, 0.1) is 5.92 Å². The molecule has 0 aliphatic carbocycles. The molecule has 3 heterocycles. The zero-order valence-electron chi connectivity index (χ0n) is 17.2. The third-order valence-electron chi connectivity index (χ3n) is 5.59. The van der Waals surface area contributed by atoms with E-state index >= 15 is 0 Å². The number of amides is 2. The van der Waals surface area contributed by atoms with Crippen molar-refractivity contribution in [1.82, 2.24) is 25.2 Å². The summed E-state index contributed by atoms with van der Waals surface area (Å²) in [5, 5.41) is 11.3. The van der Waals surface area contributed by atoms with Gasteiger partial charge in [0.2, 0.25) is 5.91 Å². The number of fused-ring (bicyclic) bond motifs is 5. The number of aryl methyl sites for hydroxylation is 2. The Morgan fingerprint density at radius 3 is 3.00 bits per heavy atom. The highest BCUT2D eigenvalue weighted by Gasteiger charge is 2.27. The molecule has 1 fully saturated rings. The first-order valence-electron chi connectivity index (χ1n) is 10.4. The molecule has 0 saturated carbocycles. The second-order valence-electron chi connectivity index (χ2n) is 7.74. The van der Waals surface area contributed by atoms with Gasteiger partial charge in [0.1, 0.15) is 11.5 Å². The minimum absolute atomic E-state index is 0.128. The van der Waals surface area contributed by atoms with Crippen LogP contribution in [0.2, 0.25) is 0 Å². The minimum Gasteiger partial charge on any atom is -0.497 e. The maximum absolute atomic E-state index is 12.8. The summed E-state index contributed by atoms with van der Waals surface area (Å²) in [7, 11) is 1.57. The normalized spacial score (nSPS) is 20.6. The molecule has 2 aliphatic heterocycles. The predicted octanol–water partition coefficient (Wildman–Crippen LogP) is 1.28. The summed E-state index contributed by atoms with van der Waals surface area (Å²) >= 11 is 0. The Balaban J connectivity index is 1.53. The zero-order valence-corrected chi connectivity index (χ0v) is 17.2. The molecule has 4 bridgehead atoms. The molecule has 1 aromatic carbocycles. The number of rotatable bonds is 1. The van der Waals surface area contributed by atoms with E-state index in [1.165, 1.54) is 0 Å². The molecule has 9 heteroatoms. The standard InChI is InChI=1S/C21H27N5O4/c1-29-17-4-5-19-18(11-17)21(28)22-12-15-7-9-25(13-15)20(27)6-3-16-14-26(24-23-16)8-2-10-30-19/h4-5,11,14-15H,2-3,6-10,12-13H2,1H3,(H,22,28). The van der Waals surface area contributed by atoms with Gasteiger partial charge >= 0.3 is 0 Å². The molecule has 4 rings (SSSR count). The Labute approximate surface area is 175 Å². The van der Waals surface area contributed by atoms with Gasteiger partial charge in [-0.15, -0.1) is 5.10 Å². The number of aromatic nitrogens is 3. The number of carbonyl (C=O) groups is 2. The Kier molecular flexibility index (Phi) is 6.15. The van der Waals surface area contributed by atoms with Crippen molar-refractivity contribution in [3.63, 3.8) is 0 Å². The molecule has 1 N–H and O–H groups in total. The molecule has 1 unspecified atom stereocenters. The highest BCUT2D eigenvalue weighted by Crippen LogP contribution is 2.25. The number of methoxy groups -OCH3 is 1. The fraction of sp³-hybridized carbons (Fsp3) is 0.524. The predicted molar refractivity (Wildman–Crippen MR) is 108 cm³/mol. The molecule has 160 valence electrons. The van der Waals surface area contributed by atoms with E-state index in [9.17, 15) is 9.59 Å². The van der Waals surface area contributed by atoms with Crippen LogP contribution in [-0.2, 0) is 17.8 Å². The number of ether oxygens (including phenoxy) is 2. The number of hydrogen-bond acceptors (Lipinski definition) is 6. The lowest BCUT2D eigenvalue weighted by Crippen LogP contribution is -2.33. The summed E-state index contributed by atoms with van der Waals surface area (Å²) in [5.74, 6) is 1.30. The largest absolute Gasteiger partial charge is 0.497 e. The van der Waals surface area contributed by atoms with Crippen molar-refractivity contribution in [2.75, 3.05) is 33.4 Å². The van der Waals surface area contributed by atoms with Gasteiger partial charge in [0.05, 0.1) is 25.0 Å². The van der Waals surface area contributed by atoms with E-state index < -0.39 is 0 Å². The van der Waals surface area contributed by atoms with E-state index in [0.29, 0.717) is 62.6 Å². The average Bonchev–Trinajstić information content (AvgIpc) is 3.42. The second-order valence-corrected chi connectivity index (χ2v) is 7.74. The van der Waals surface area contributed by atoms with Crippen LogP contribution >= 0.6 is 0 Å². The summed E-state index contributed by atoms with van der Waals surface area (Å²) in [6, 6.07) is 5.23. The fourth-order valence-electron chi connectivity index (χ4n) is 3.86.